The number of likely N-dealkylation sites (tertiary alicyclic amines) is 1. The quantitative estimate of drug-likeness (QED) is 0.857. The molecule has 2 rings (SSSR count). The van der Waals surface area contributed by atoms with Gasteiger partial charge in [0, 0.05) is 49.7 Å². The maximum Gasteiger partial charge on any atom is 0.0969 e. The summed E-state index contributed by atoms with van der Waals surface area (Å²) in [5.74, 6) is 0. The van der Waals surface area contributed by atoms with E-state index < -0.39 is 6.10 Å². The van der Waals surface area contributed by atoms with Crippen molar-refractivity contribution in [2.75, 3.05) is 20.2 Å². The maximum atomic E-state index is 9.69. The Hall–Kier alpha value is -0.680. The van der Waals surface area contributed by atoms with Gasteiger partial charge < -0.3 is 9.84 Å². The predicted molar refractivity (Wildman–Crippen MR) is 61.3 cm³/mol. The van der Waals surface area contributed by atoms with E-state index in [2.05, 4.69) is 9.88 Å². The highest BCUT2D eigenvalue weighted by molar-refractivity contribution is 6.31. The van der Waals surface area contributed by atoms with Crippen LogP contribution in [0.3, 0.4) is 0 Å². The Morgan fingerprint density at radius 1 is 1.62 bits per heavy atom. The molecule has 0 unspecified atom stereocenters. The van der Waals surface area contributed by atoms with Crippen molar-refractivity contribution in [1.82, 2.24) is 9.88 Å². The molecule has 1 N–H and O–H groups in total. The summed E-state index contributed by atoms with van der Waals surface area (Å²) in [6.45, 7) is 2.04. The lowest BCUT2D eigenvalue weighted by atomic mass is 10.2. The largest absolute Gasteiger partial charge is 0.389 e. The Morgan fingerprint density at radius 3 is 3.06 bits per heavy atom. The van der Waals surface area contributed by atoms with Crippen LogP contribution in [-0.4, -0.2) is 47.4 Å². The zero-order valence-electron chi connectivity index (χ0n) is 9.14. The van der Waals surface area contributed by atoms with Crippen LogP contribution in [0.15, 0.2) is 18.5 Å². The number of halogens is 1. The van der Waals surface area contributed by atoms with Gasteiger partial charge in [-0.05, 0) is 6.07 Å². The summed E-state index contributed by atoms with van der Waals surface area (Å²) in [5.41, 5.74) is 0.980. The first-order valence-electron chi connectivity index (χ1n) is 5.22. The molecule has 4 nitrogen and oxygen atoms in total. The van der Waals surface area contributed by atoms with Gasteiger partial charge in [0.2, 0.25) is 0 Å². The highest BCUT2D eigenvalue weighted by atomic mass is 35.5. The summed E-state index contributed by atoms with van der Waals surface area (Å²) < 4.78 is 5.18. The van der Waals surface area contributed by atoms with E-state index in [0.717, 1.165) is 12.1 Å². The van der Waals surface area contributed by atoms with Gasteiger partial charge in [-0.3, -0.25) is 9.88 Å². The number of aromatic nitrogens is 1. The monoisotopic (exact) mass is 242 g/mol. The van der Waals surface area contributed by atoms with Crippen LogP contribution in [0.5, 0.6) is 0 Å². The molecule has 0 saturated carbocycles. The zero-order valence-corrected chi connectivity index (χ0v) is 9.89. The molecular formula is C11H15ClN2O2. The van der Waals surface area contributed by atoms with E-state index in [1.165, 1.54) is 0 Å². The Bertz CT molecular complexity index is 362. The Balaban J connectivity index is 1.99. The molecule has 16 heavy (non-hydrogen) atoms. The van der Waals surface area contributed by atoms with Gasteiger partial charge in [0.15, 0.2) is 0 Å². The number of ether oxygens (including phenoxy) is 1. The maximum absolute atomic E-state index is 9.69. The first-order valence-corrected chi connectivity index (χ1v) is 5.60. The van der Waals surface area contributed by atoms with E-state index in [-0.39, 0.29) is 6.10 Å². The van der Waals surface area contributed by atoms with Crippen LogP contribution in [0.4, 0.5) is 0 Å². The van der Waals surface area contributed by atoms with Crippen LogP contribution in [0.1, 0.15) is 5.56 Å². The molecular weight excluding hydrogens is 228 g/mol. The summed E-state index contributed by atoms with van der Waals surface area (Å²) in [6.07, 6.45) is 2.91. The first-order chi connectivity index (χ1) is 7.70. The van der Waals surface area contributed by atoms with Gasteiger partial charge >= 0.3 is 0 Å². The summed E-state index contributed by atoms with van der Waals surface area (Å²) in [5, 5.41) is 10.4. The Morgan fingerprint density at radius 2 is 2.44 bits per heavy atom. The van der Waals surface area contributed by atoms with Crippen molar-refractivity contribution in [3.63, 3.8) is 0 Å². The molecule has 2 heterocycles. The lowest BCUT2D eigenvalue weighted by Gasteiger charge is -2.15. The van der Waals surface area contributed by atoms with Crippen molar-refractivity contribution < 1.29 is 9.84 Å². The molecule has 0 amide bonds. The third-order valence-electron chi connectivity index (χ3n) is 2.85. The Kier molecular flexibility index (Phi) is 3.76. The third-order valence-corrected chi connectivity index (χ3v) is 3.22. The number of nitrogens with zero attached hydrogens (tertiary/aromatic N) is 2. The number of hydrogen-bond acceptors (Lipinski definition) is 4. The average molecular weight is 243 g/mol. The summed E-state index contributed by atoms with van der Waals surface area (Å²) in [4.78, 5) is 6.15. The molecule has 2 atom stereocenters. The number of methoxy groups -OCH3 is 1. The summed E-state index contributed by atoms with van der Waals surface area (Å²) >= 11 is 6.05. The molecule has 0 radical (unpaired) electrons. The van der Waals surface area contributed by atoms with Crippen molar-refractivity contribution in [3.05, 3.63) is 29.0 Å². The molecule has 5 heteroatoms. The zero-order chi connectivity index (χ0) is 11.5. The average Bonchev–Trinajstić information content (AvgIpc) is 2.62. The smallest absolute Gasteiger partial charge is 0.0969 e. The molecule has 88 valence electrons. The first kappa shape index (κ1) is 11.8. The van der Waals surface area contributed by atoms with E-state index in [1.54, 1.807) is 25.6 Å². The van der Waals surface area contributed by atoms with E-state index in [0.29, 0.717) is 18.1 Å². The van der Waals surface area contributed by atoms with Crippen molar-refractivity contribution in [3.8, 4) is 0 Å². The number of aliphatic hydroxyl groups is 1. The minimum Gasteiger partial charge on any atom is -0.389 e. The minimum atomic E-state index is -0.416. The number of aliphatic hydroxyl groups excluding tert-OH is 1. The molecule has 1 saturated heterocycles. The fraction of sp³-hybridized carbons (Fsp3) is 0.545. The second-order valence-corrected chi connectivity index (χ2v) is 4.41. The van der Waals surface area contributed by atoms with Gasteiger partial charge in [-0.2, -0.15) is 0 Å². The second-order valence-electron chi connectivity index (χ2n) is 4.00. The molecule has 0 aliphatic carbocycles. The van der Waals surface area contributed by atoms with Crippen molar-refractivity contribution >= 4 is 11.6 Å². The van der Waals surface area contributed by atoms with Gasteiger partial charge in [0.1, 0.15) is 0 Å². The fourth-order valence-corrected chi connectivity index (χ4v) is 2.13. The SMILES string of the molecule is CO[C@H]1CN(Cc2cnccc2Cl)C[C@@H]1O. The Labute approximate surface area is 99.8 Å². The van der Waals surface area contributed by atoms with Crippen LogP contribution in [0.25, 0.3) is 0 Å². The summed E-state index contributed by atoms with van der Waals surface area (Å²) in [7, 11) is 1.62. The highest BCUT2D eigenvalue weighted by Crippen LogP contribution is 2.20. The van der Waals surface area contributed by atoms with Crippen molar-refractivity contribution in [1.29, 1.82) is 0 Å². The van der Waals surface area contributed by atoms with E-state index in [1.807, 2.05) is 0 Å². The van der Waals surface area contributed by atoms with Gasteiger partial charge in [-0.1, -0.05) is 11.6 Å². The lowest BCUT2D eigenvalue weighted by molar-refractivity contribution is 0.0215. The molecule has 1 aliphatic heterocycles. The number of β-amino-alcohol motifs (C(OH)–C–C–N with tert-alkyl or cyclic N) is 1. The number of hydrogen-bond donors (Lipinski definition) is 1. The predicted octanol–water partition coefficient (Wildman–Crippen LogP) is 0.927. The third kappa shape index (κ3) is 2.52. The lowest BCUT2D eigenvalue weighted by Crippen LogP contribution is -2.25. The highest BCUT2D eigenvalue weighted by Gasteiger charge is 2.31. The van der Waals surface area contributed by atoms with Gasteiger partial charge in [0.05, 0.1) is 12.2 Å². The van der Waals surface area contributed by atoms with E-state index in [9.17, 15) is 5.11 Å². The standard InChI is InChI=1S/C11H15ClN2O2/c1-16-11-7-14(6-10(11)15)5-8-4-13-3-2-9(8)12/h2-4,10-11,15H,5-7H2,1H3/t10-,11-/m0/s1. The van der Waals surface area contributed by atoms with Gasteiger partial charge in [-0.25, -0.2) is 0 Å². The molecule has 0 spiro atoms. The molecule has 1 aromatic rings. The van der Waals surface area contributed by atoms with Crippen LogP contribution in [0.2, 0.25) is 5.02 Å². The van der Waals surface area contributed by atoms with Crippen LogP contribution >= 0.6 is 11.6 Å². The number of pyridine rings is 1. The van der Waals surface area contributed by atoms with Crippen LogP contribution in [-0.2, 0) is 11.3 Å². The molecule has 1 aliphatic rings. The molecule has 1 fully saturated rings. The summed E-state index contributed by atoms with van der Waals surface area (Å²) in [6, 6.07) is 1.77. The minimum absolute atomic E-state index is 0.101. The van der Waals surface area contributed by atoms with Crippen molar-refractivity contribution in [2.45, 2.75) is 18.8 Å². The fourth-order valence-electron chi connectivity index (χ4n) is 1.96. The normalized spacial score (nSPS) is 26.2. The molecule has 0 bridgehead atoms. The number of rotatable bonds is 3. The van der Waals surface area contributed by atoms with Gasteiger partial charge in [0.25, 0.3) is 0 Å². The molecule has 0 aromatic carbocycles. The second kappa shape index (κ2) is 5.10. The van der Waals surface area contributed by atoms with E-state index in [4.69, 9.17) is 16.3 Å². The van der Waals surface area contributed by atoms with Gasteiger partial charge in [-0.15, -0.1) is 0 Å². The van der Waals surface area contributed by atoms with E-state index >= 15 is 0 Å². The van der Waals surface area contributed by atoms with Crippen LogP contribution < -0.4 is 0 Å². The van der Waals surface area contributed by atoms with Crippen LogP contribution in [0, 0.1) is 0 Å². The van der Waals surface area contributed by atoms with Crippen molar-refractivity contribution in [2.24, 2.45) is 0 Å². The molecule has 1 aromatic heterocycles. The topological polar surface area (TPSA) is 45.6 Å².